The van der Waals surface area contributed by atoms with E-state index in [0.29, 0.717) is 13.1 Å². The fourth-order valence-corrected chi connectivity index (χ4v) is 1.40. The van der Waals surface area contributed by atoms with Crippen LogP contribution >= 0.6 is 0 Å². The normalized spacial score (nSPS) is 9.06. The fourth-order valence-electron chi connectivity index (χ4n) is 1.40. The number of rotatable bonds is 5. The zero-order valence-electron chi connectivity index (χ0n) is 11.1. The van der Waals surface area contributed by atoms with Crippen molar-refractivity contribution in [2.75, 3.05) is 13.1 Å². The topological polar surface area (TPSA) is 49.4 Å². The highest BCUT2D eigenvalue weighted by atomic mass is 14.9. The maximum absolute atomic E-state index is 4.25. The lowest BCUT2D eigenvalue weighted by molar-refractivity contribution is 1.12. The van der Waals surface area contributed by atoms with Crippen molar-refractivity contribution in [1.29, 1.82) is 0 Å². The molecule has 0 heterocycles. The van der Waals surface area contributed by atoms with Crippen molar-refractivity contribution in [3.8, 4) is 0 Å². The lowest BCUT2D eigenvalue weighted by Gasteiger charge is -2.03. The van der Waals surface area contributed by atoms with Crippen molar-refractivity contribution in [2.45, 2.75) is 27.2 Å². The summed E-state index contributed by atoms with van der Waals surface area (Å²) in [7, 11) is 0. The molecule has 0 bridgehead atoms. The number of benzene rings is 1. The third-order valence-electron chi connectivity index (χ3n) is 2.27. The monoisotopic (exact) mass is 242 g/mol. The highest BCUT2D eigenvalue weighted by molar-refractivity contribution is 5.72. The average molecular weight is 242 g/mol. The van der Waals surface area contributed by atoms with E-state index >= 15 is 0 Å². The molecule has 94 valence electrons. The second-order valence-corrected chi connectivity index (χ2v) is 3.51. The van der Waals surface area contributed by atoms with E-state index < -0.39 is 0 Å². The van der Waals surface area contributed by atoms with Crippen LogP contribution in [-0.2, 0) is 6.42 Å². The Morgan fingerprint density at radius 2 is 1.61 bits per heavy atom. The van der Waals surface area contributed by atoms with Crippen molar-refractivity contribution in [3.63, 3.8) is 0 Å². The lowest BCUT2D eigenvalue weighted by atomic mass is 10.1. The first-order valence-corrected chi connectivity index (χ1v) is 6.19. The number of nitrogens with zero attached hydrogens (tertiary/aromatic N) is 4. The van der Waals surface area contributed by atoms with Gasteiger partial charge in [-0.15, -0.1) is 0 Å². The molecule has 0 aliphatic rings. The summed E-state index contributed by atoms with van der Waals surface area (Å²) in [6.07, 6.45) is 0.890. The molecule has 0 fully saturated rings. The van der Waals surface area contributed by atoms with Crippen molar-refractivity contribution in [3.05, 3.63) is 23.8 Å². The third-order valence-corrected chi connectivity index (χ3v) is 2.27. The summed E-state index contributed by atoms with van der Waals surface area (Å²) < 4.78 is 0. The number of hydrogen-bond acceptors (Lipinski definition) is 4. The van der Waals surface area contributed by atoms with Gasteiger partial charge in [-0.25, -0.2) is 9.98 Å². The smallest absolute Gasteiger partial charge is 0.104 e. The van der Waals surface area contributed by atoms with Gasteiger partial charge in [-0.2, -0.15) is 9.98 Å². The van der Waals surface area contributed by atoms with Crippen LogP contribution in [0.2, 0.25) is 0 Å². The standard InChI is InChI=1S/C14H18N4/c1-4-12-8-7-9-13(17-10-15-5-2)14(12)18-11-16-6-3/h7-9H,4-6H2,1-3H3. The van der Waals surface area contributed by atoms with E-state index in [1.165, 1.54) is 0 Å². The molecule has 18 heavy (non-hydrogen) atoms. The van der Waals surface area contributed by atoms with E-state index in [1.807, 2.05) is 32.0 Å². The minimum absolute atomic E-state index is 0.673. The van der Waals surface area contributed by atoms with Crippen LogP contribution < -0.4 is 0 Å². The van der Waals surface area contributed by atoms with Gasteiger partial charge >= 0.3 is 0 Å². The van der Waals surface area contributed by atoms with Gasteiger partial charge in [0.05, 0.1) is 12.0 Å². The lowest BCUT2D eigenvalue weighted by Crippen LogP contribution is -1.81. The second-order valence-electron chi connectivity index (χ2n) is 3.51. The predicted octanol–water partition coefficient (Wildman–Crippen LogP) is 3.90. The summed E-state index contributed by atoms with van der Waals surface area (Å²) in [6, 6.07) is 11.2. The summed E-state index contributed by atoms with van der Waals surface area (Å²) in [5.41, 5.74) is 2.68. The van der Waals surface area contributed by atoms with Gasteiger partial charge in [-0.05, 0) is 31.9 Å². The Kier molecular flexibility index (Phi) is 6.34. The van der Waals surface area contributed by atoms with E-state index in [4.69, 9.17) is 0 Å². The van der Waals surface area contributed by atoms with E-state index in [0.717, 1.165) is 23.4 Å². The Morgan fingerprint density at radius 1 is 0.944 bits per heavy atom. The Bertz CT molecular complexity index is 505. The Morgan fingerprint density at radius 3 is 2.22 bits per heavy atom. The quantitative estimate of drug-likeness (QED) is 0.703. The van der Waals surface area contributed by atoms with Crippen LogP contribution in [0.4, 0.5) is 11.4 Å². The van der Waals surface area contributed by atoms with Crippen molar-refractivity contribution >= 4 is 23.4 Å². The molecule has 0 saturated carbocycles. The first kappa shape index (κ1) is 14.0. The molecule has 0 unspecified atom stereocenters. The first-order chi connectivity index (χ1) is 8.83. The summed E-state index contributed by atoms with van der Waals surface area (Å²) in [5.74, 6) is 0. The van der Waals surface area contributed by atoms with Crippen LogP contribution in [0.1, 0.15) is 26.3 Å². The van der Waals surface area contributed by atoms with Crippen LogP contribution in [0.15, 0.2) is 38.2 Å². The highest BCUT2D eigenvalue weighted by Crippen LogP contribution is 2.31. The summed E-state index contributed by atoms with van der Waals surface area (Å²) in [6.45, 7) is 7.32. The van der Waals surface area contributed by atoms with E-state index in [2.05, 4.69) is 38.9 Å². The molecule has 0 aliphatic heterocycles. The van der Waals surface area contributed by atoms with Gasteiger partial charge in [-0.1, -0.05) is 19.1 Å². The van der Waals surface area contributed by atoms with Crippen molar-refractivity contribution in [1.82, 2.24) is 0 Å². The molecule has 1 aromatic rings. The largest absolute Gasteiger partial charge is 0.226 e. The number of hydrogen-bond donors (Lipinski definition) is 0. The highest BCUT2D eigenvalue weighted by Gasteiger charge is 2.04. The number of aliphatic imine (C=N–C) groups is 4. The van der Waals surface area contributed by atoms with E-state index in [9.17, 15) is 0 Å². The molecule has 1 rings (SSSR count). The first-order valence-electron chi connectivity index (χ1n) is 6.19. The average Bonchev–Trinajstić information content (AvgIpc) is 2.40. The second kappa shape index (κ2) is 8.13. The van der Waals surface area contributed by atoms with Crippen LogP contribution in [0.25, 0.3) is 0 Å². The van der Waals surface area contributed by atoms with E-state index in [1.54, 1.807) is 0 Å². The van der Waals surface area contributed by atoms with Crippen molar-refractivity contribution in [2.24, 2.45) is 20.0 Å². The summed E-state index contributed by atoms with van der Waals surface area (Å²) in [4.78, 5) is 16.4. The van der Waals surface area contributed by atoms with Crippen LogP contribution in [0.5, 0.6) is 0 Å². The van der Waals surface area contributed by atoms with Crippen LogP contribution in [0.3, 0.4) is 0 Å². The van der Waals surface area contributed by atoms with Gasteiger partial charge in [-0.3, -0.25) is 0 Å². The fraction of sp³-hybridized carbons (Fsp3) is 0.429. The zero-order chi connectivity index (χ0) is 13.2. The molecular weight excluding hydrogens is 224 g/mol. The Balaban J connectivity index is 3.24. The summed E-state index contributed by atoms with van der Waals surface area (Å²) in [5, 5.41) is 0. The zero-order valence-corrected chi connectivity index (χ0v) is 11.1. The molecule has 0 aromatic heterocycles. The number of para-hydroxylation sites is 1. The third kappa shape index (κ3) is 4.10. The Hall–Kier alpha value is -2.02. The molecular formula is C14H18N4. The maximum atomic E-state index is 4.25. The molecule has 0 spiro atoms. The van der Waals surface area contributed by atoms with Gasteiger partial charge in [0.1, 0.15) is 11.4 Å². The van der Waals surface area contributed by atoms with Gasteiger partial charge < -0.3 is 0 Å². The number of aryl methyl sites for hydroxylation is 1. The van der Waals surface area contributed by atoms with Crippen LogP contribution in [-0.4, -0.2) is 25.1 Å². The Labute approximate surface area is 108 Å². The van der Waals surface area contributed by atoms with Gasteiger partial charge in [0.25, 0.3) is 0 Å². The maximum Gasteiger partial charge on any atom is 0.104 e. The molecule has 0 amide bonds. The predicted molar refractivity (Wildman–Crippen MR) is 75.9 cm³/mol. The molecule has 4 nitrogen and oxygen atoms in total. The van der Waals surface area contributed by atoms with Gasteiger partial charge in [0, 0.05) is 13.1 Å². The molecule has 0 radical (unpaired) electrons. The molecule has 0 saturated heterocycles. The minimum atomic E-state index is 0.673. The SMILES string of the molecule is CCN=C=Nc1cccc(CC)c1N=C=NCC. The van der Waals surface area contributed by atoms with Gasteiger partial charge in [0.15, 0.2) is 0 Å². The molecule has 0 atom stereocenters. The van der Waals surface area contributed by atoms with Crippen LogP contribution in [0, 0.1) is 0 Å². The molecule has 1 aromatic carbocycles. The minimum Gasteiger partial charge on any atom is -0.226 e. The molecule has 0 aliphatic carbocycles. The molecule has 4 heteroatoms. The molecule has 0 N–H and O–H groups in total. The summed E-state index contributed by atoms with van der Waals surface area (Å²) >= 11 is 0. The van der Waals surface area contributed by atoms with E-state index in [-0.39, 0.29) is 0 Å². The van der Waals surface area contributed by atoms with Crippen molar-refractivity contribution < 1.29 is 0 Å². The van der Waals surface area contributed by atoms with Gasteiger partial charge in [0.2, 0.25) is 0 Å².